The molecule has 0 aliphatic heterocycles. The molecule has 0 aromatic heterocycles. The Hall–Kier alpha value is -4.53. The van der Waals surface area contributed by atoms with E-state index < -0.39 is 30.6 Å². The van der Waals surface area contributed by atoms with Crippen molar-refractivity contribution in [3.05, 3.63) is 89.5 Å². The van der Waals surface area contributed by atoms with Crippen LogP contribution in [0.25, 0.3) is 0 Å². The zero-order valence-corrected chi connectivity index (χ0v) is 20.1. The van der Waals surface area contributed by atoms with Gasteiger partial charge in [-0.05, 0) is 36.4 Å². The van der Waals surface area contributed by atoms with Gasteiger partial charge < -0.3 is 28.4 Å². The van der Waals surface area contributed by atoms with E-state index in [4.69, 9.17) is 28.4 Å². The summed E-state index contributed by atoms with van der Waals surface area (Å²) in [6, 6.07) is 19.7. The molecule has 0 bridgehead atoms. The Labute approximate surface area is 208 Å². The molecule has 0 saturated carbocycles. The maximum Gasteiger partial charge on any atom is 0.346 e. The van der Waals surface area contributed by atoms with Gasteiger partial charge in [0, 0.05) is 0 Å². The molecule has 0 fully saturated rings. The normalized spacial score (nSPS) is 11.1. The standard InChI is InChI=1S/C27H26O9/c1-31-21-14-15-22(32-2)24(33-3)23(21)27(30)35-17-20(36-26(29)19-12-8-5-9-13-19)16-34-25(28)18-10-6-4-7-11-18/h4-15,20H,16-17H2,1-3H3. The van der Waals surface area contributed by atoms with E-state index in [1.807, 2.05) is 0 Å². The van der Waals surface area contributed by atoms with Crippen molar-refractivity contribution in [3.63, 3.8) is 0 Å². The quantitative estimate of drug-likeness (QED) is 0.289. The number of methoxy groups -OCH3 is 3. The van der Waals surface area contributed by atoms with E-state index >= 15 is 0 Å². The highest BCUT2D eigenvalue weighted by atomic mass is 16.6. The molecule has 0 N–H and O–H groups in total. The van der Waals surface area contributed by atoms with E-state index in [0.717, 1.165) is 0 Å². The zero-order valence-electron chi connectivity index (χ0n) is 20.1. The van der Waals surface area contributed by atoms with E-state index in [2.05, 4.69) is 0 Å². The molecule has 3 aromatic rings. The van der Waals surface area contributed by atoms with Crippen molar-refractivity contribution in [1.29, 1.82) is 0 Å². The Kier molecular flexibility index (Phi) is 9.27. The lowest BCUT2D eigenvalue weighted by Gasteiger charge is -2.19. The minimum absolute atomic E-state index is 0.00577. The smallest absolute Gasteiger partial charge is 0.346 e. The van der Waals surface area contributed by atoms with Crippen molar-refractivity contribution in [1.82, 2.24) is 0 Å². The molecule has 0 spiro atoms. The third-order valence-corrected chi connectivity index (χ3v) is 5.02. The largest absolute Gasteiger partial charge is 0.496 e. The summed E-state index contributed by atoms with van der Waals surface area (Å²) in [6.07, 6.45) is -1.09. The van der Waals surface area contributed by atoms with Gasteiger partial charge in [-0.1, -0.05) is 36.4 Å². The molecule has 0 heterocycles. The highest BCUT2D eigenvalue weighted by Gasteiger charge is 2.26. The predicted octanol–water partition coefficient (Wildman–Crippen LogP) is 3.95. The summed E-state index contributed by atoms with van der Waals surface area (Å²) in [7, 11) is 4.20. The Bertz CT molecular complexity index is 1180. The summed E-state index contributed by atoms with van der Waals surface area (Å²) in [5.41, 5.74) is 0.613. The van der Waals surface area contributed by atoms with Gasteiger partial charge in [-0.2, -0.15) is 0 Å². The monoisotopic (exact) mass is 494 g/mol. The molecule has 1 atom stereocenters. The van der Waals surface area contributed by atoms with E-state index in [1.54, 1.807) is 66.7 Å². The summed E-state index contributed by atoms with van der Waals surface area (Å²) in [6.45, 7) is -0.741. The number of carbonyl (C=O) groups is 3. The molecule has 0 saturated heterocycles. The molecule has 0 amide bonds. The van der Waals surface area contributed by atoms with Crippen molar-refractivity contribution in [2.24, 2.45) is 0 Å². The number of hydrogen-bond donors (Lipinski definition) is 0. The van der Waals surface area contributed by atoms with Crippen molar-refractivity contribution < 1.29 is 42.8 Å². The minimum Gasteiger partial charge on any atom is -0.496 e. The Morgan fingerprint density at radius 3 is 1.64 bits per heavy atom. The first-order chi connectivity index (χ1) is 17.5. The predicted molar refractivity (Wildman–Crippen MR) is 129 cm³/mol. The summed E-state index contributed by atoms with van der Waals surface area (Å²) < 4.78 is 32.1. The Morgan fingerprint density at radius 1 is 0.611 bits per heavy atom. The van der Waals surface area contributed by atoms with Gasteiger partial charge in [0.25, 0.3) is 0 Å². The third-order valence-electron chi connectivity index (χ3n) is 5.02. The lowest BCUT2D eigenvalue weighted by atomic mass is 10.1. The second-order valence-electron chi connectivity index (χ2n) is 7.33. The van der Waals surface area contributed by atoms with Crippen LogP contribution in [0.15, 0.2) is 72.8 Å². The summed E-state index contributed by atoms with van der Waals surface area (Å²) in [5, 5.41) is 0. The van der Waals surface area contributed by atoms with E-state index in [9.17, 15) is 14.4 Å². The van der Waals surface area contributed by atoms with Gasteiger partial charge in [-0.15, -0.1) is 0 Å². The van der Waals surface area contributed by atoms with Crippen molar-refractivity contribution in [2.75, 3.05) is 34.5 Å². The third kappa shape index (κ3) is 6.53. The van der Waals surface area contributed by atoms with Gasteiger partial charge in [0.15, 0.2) is 17.6 Å². The fraction of sp³-hybridized carbons (Fsp3) is 0.222. The van der Waals surface area contributed by atoms with Crippen LogP contribution in [-0.2, 0) is 14.2 Å². The van der Waals surface area contributed by atoms with E-state index in [0.29, 0.717) is 16.9 Å². The van der Waals surface area contributed by atoms with E-state index in [-0.39, 0.29) is 23.7 Å². The molecule has 1 unspecified atom stereocenters. The number of hydrogen-bond acceptors (Lipinski definition) is 9. The van der Waals surface area contributed by atoms with E-state index in [1.165, 1.54) is 27.4 Å². The summed E-state index contributed by atoms with van der Waals surface area (Å²) >= 11 is 0. The number of carbonyl (C=O) groups excluding carboxylic acids is 3. The molecular weight excluding hydrogens is 468 g/mol. The molecular formula is C27H26O9. The van der Waals surface area contributed by atoms with Crippen molar-refractivity contribution >= 4 is 17.9 Å². The van der Waals surface area contributed by atoms with Gasteiger partial charge in [-0.3, -0.25) is 0 Å². The van der Waals surface area contributed by atoms with Crippen LogP contribution in [0, 0.1) is 0 Å². The first-order valence-corrected chi connectivity index (χ1v) is 10.9. The van der Waals surface area contributed by atoms with Crippen LogP contribution in [0.2, 0.25) is 0 Å². The van der Waals surface area contributed by atoms with Crippen LogP contribution >= 0.6 is 0 Å². The van der Waals surface area contributed by atoms with Crippen molar-refractivity contribution in [2.45, 2.75) is 6.10 Å². The number of ether oxygens (including phenoxy) is 6. The molecule has 188 valence electrons. The molecule has 9 nitrogen and oxygen atoms in total. The van der Waals surface area contributed by atoms with Crippen LogP contribution in [0.1, 0.15) is 31.1 Å². The first kappa shape index (κ1) is 26.1. The van der Waals surface area contributed by atoms with Crippen LogP contribution in [0.3, 0.4) is 0 Å². The first-order valence-electron chi connectivity index (χ1n) is 10.9. The van der Waals surface area contributed by atoms with Crippen LogP contribution in [0.4, 0.5) is 0 Å². The summed E-state index contributed by atoms with van der Waals surface area (Å²) in [5.74, 6) is -1.46. The lowest BCUT2D eigenvalue weighted by molar-refractivity contribution is -0.0255. The maximum absolute atomic E-state index is 13.0. The van der Waals surface area contributed by atoms with Gasteiger partial charge in [0.1, 0.15) is 24.5 Å². The van der Waals surface area contributed by atoms with Gasteiger partial charge in [0.2, 0.25) is 0 Å². The zero-order chi connectivity index (χ0) is 25.9. The van der Waals surface area contributed by atoms with Gasteiger partial charge in [0.05, 0.1) is 32.5 Å². The van der Waals surface area contributed by atoms with Crippen LogP contribution in [-0.4, -0.2) is 58.6 Å². The second kappa shape index (κ2) is 12.8. The topological polar surface area (TPSA) is 107 Å². The fourth-order valence-electron chi connectivity index (χ4n) is 3.25. The lowest BCUT2D eigenvalue weighted by Crippen LogP contribution is -2.31. The maximum atomic E-state index is 13.0. The molecule has 9 heteroatoms. The second-order valence-corrected chi connectivity index (χ2v) is 7.33. The molecule has 36 heavy (non-hydrogen) atoms. The fourth-order valence-corrected chi connectivity index (χ4v) is 3.25. The van der Waals surface area contributed by atoms with Crippen LogP contribution < -0.4 is 14.2 Å². The number of benzene rings is 3. The molecule has 0 aliphatic rings. The van der Waals surface area contributed by atoms with Crippen molar-refractivity contribution in [3.8, 4) is 17.2 Å². The Balaban J connectivity index is 1.76. The number of esters is 3. The average molecular weight is 494 g/mol. The van der Waals surface area contributed by atoms with Gasteiger partial charge >= 0.3 is 17.9 Å². The molecule has 3 aromatic carbocycles. The molecule has 3 rings (SSSR count). The summed E-state index contributed by atoms with van der Waals surface area (Å²) in [4.78, 5) is 38.0. The highest BCUT2D eigenvalue weighted by Crippen LogP contribution is 2.37. The molecule has 0 aliphatic carbocycles. The SMILES string of the molecule is COc1ccc(OC)c(C(=O)OCC(COC(=O)c2ccccc2)OC(=O)c2ccccc2)c1OC. The molecule has 0 radical (unpaired) electrons. The van der Waals surface area contributed by atoms with Crippen LogP contribution in [0.5, 0.6) is 17.2 Å². The number of rotatable bonds is 11. The minimum atomic E-state index is -1.09. The van der Waals surface area contributed by atoms with Gasteiger partial charge in [-0.25, -0.2) is 14.4 Å². The average Bonchev–Trinajstić information content (AvgIpc) is 2.93. The Morgan fingerprint density at radius 2 is 1.11 bits per heavy atom. The highest BCUT2D eigenvalue weighted by molar-refractivity contribution is 5.97.